The number of halogens is 4. The minimum atomic E-state index is -4.25. The summed E-state index contributed by atoms with van der Waals surface area (Å²) in [5, 5.41) is 0. The Bertz CT molecular complexity index is 601. The molecule has 20 heavy (non-hydrogen) atoms. The zero-order valence-corrected chi connectivity index (χ0v) is 12.4. The van der Waals surface area contributed by atoms with Crippen LogP contribution in [0.15, 0.2) is 29.0 Å². The van der Waals surface area contributed by atoms with Gasteiger partial charge in [-0.3, -0.25) is 9.97 Å². The van der Waals surface area contributed by atoms with Gasteiger partial charge in [0.25, 0.3) is 0 Å². The van der Waals surface area contributed by atoms with Crippen LogP contribution < -0.4 is 4.90 Å². The zero-order valence-electron chi connectivity index (χ0n) is 10.8. The van der Waals surface area contributed by atoms with Gasteiger partial charge in [0.2, 0.25) is 0 Å². The van der Waals surface area contributed by atoms with Crippen LogP contribution in [0.4, 0.5) is 18.9 Å². The van der Waals surface area contributed by atoms with Crippen molar-refractivity contribution in [2.75, 3.05) is 18.0 Å². The van der Waals surface area contributed by atoms with Crippen molar-refractivity contribution in [2.45, 2.75) is 19.5 Å². The number of fused-ring (bicyclic) bond motifs is 1. The quantitative estimate of drug-likeness (QED) is 0.830. The van der Waals surface area contributed by atoms with E-state index in [9.17, 15) is 13.2 Å². The lowest BCUT2D eigenvalue weighted by molar-refractivity contribution is -0.119. The summed E-state index contributed by atoms with van der Waals surface area (Å²) in [6.45, 7) is 1.17. The Hall–Kier alpha value is -1.37. The molecule has 3 nitrogen and oxygen atoms in total. The maximum atomic E-state index is 12.7. The molecular formula is C13H13BrF3N3. The van der Waals surface area contributed by atoms with E-state index in [2.05, 4.69) is 25.9 Å². The predicted octanol–water partition coefficient (Wildman–Crippen LogP) is 4.17. The largest absolute Gasteiger partial charge is 0.405 e. The second kappa shape index (κ2) is 5.95. The van der Waals surface area contributed by atoms with E-state index in [1.54, 1.807) is 18.3 Å². The molecule has 0 aromatic carbocycles. The minimum Gasteiger partial charge on any atom is -0.361 e. The SMILES string of the molecule is CCCN(CC(F)(F)F)c1ccnc2cc(Br)cnc12. The summed E-state index contributed by atoms with van der Waals surface area (Å²) in [4.78, 5) is 9.63. The maximum absolute atomic E-state index is 12.7. The van der Waals surface area contributed by atoms with Crippen molar-refractivity contribution >= 4 is 32.7 Å². The molecule has 2 aromatic heterocycles. The molecule has 108 valence electrons. The van der Waals surface area contributed by atoms with Gasteiger partial charge in [-0.15, -0.1) is 0 Å². The van der Waals surface area contributed by atoms with Crippen molar-refractivity contribution < 1.29 is 13.2 Å². The Labute approximate surface area is 123 Å². The lowest BCUT2D eigenvalue weighted by Gasteiger charge is -2.26. The van der Waals surface area contributed by atoms with E-state index in [1.807, 2.05) is 6.92 Å². The molecule has 0 radical (unpaired) electrons. The molecule has 0 atom stereocenters. The van der Waals surface area contributed by atoms with Gasteiger partial charge < -0.3 is 4.90 Å². The molecule has 0 N–H and O–H groups in total. The fourth-order valence-corrected chi connectivity index (χ4v) is 2.34. The molecule has 0 saturated heterocycles. The summed E-state index contributed by atoms with van der Waals surface area (Å²) in [7, 11) is 0. The second-order valence-corrected chi connectivity index (χ2v) is 5.30. The molecule has 0 unspecified atom stereocenters. The van der Waals surface area contributed by atoms with Gasteiger partial charge in [-0.05, 0) is 34.5 Å². The lowest BCUT2D eigenvalue weighted by Crippen LogP contribution is -2.35. The molecule has 0 spiro atoms. The first-order valence-electron chi connectivity index (χ1n) is 6.12. The molecule has 0 aliphatic rings. The summed E-state index contributed by atoms with van der Waals surface area (Å²) in [5.74, 6) is 0. The number of rotatable bonds is 4. The number of nitrogens with zero attached hydrogens (tertiary/aromatic N) is 3. The van der Waals surface area contributed by atoms with Crippen molar-refractivity contribution in [3.8, 4) is 0 Å². The van der Waals surface area contributed by atoms with Gasteiger partial charge in [0.05, 0.1) is 11.2 Å². The normalized spacial score (nSPS) is 11.8. The van der Waals surface area contributed by atoms with Crippen LogP contribution in [0.25, 0.3) is 11.0 Å². The van der Waals surface area contributed by atoms with Crippen molar-refractivity contribution in [3.63, 3.8) is 0 Å². The van der Waals surface area contributed by atoms with Crippen LogP contribution in [-0.4, -0.2) is 29.2 Å². The monoisotopic (exact) mass is 347 g/mol. The maximum Gasteiger partial charge on any atom is 0.405 e. The fourth-order valence-electron chi connectivity index (χ4n) is 2.02. The number of anilines is 1. The van der Waals surface area contributed by atoms with Gasteiger partial charge in [-0.2, -0.15) is 13.2 Å². The van der Waals surface area contributed by atoms with Gasteiger partial charge in [0.1, 0.15) is 12.1 Å². The van der Waals surface area contributed by atoms with Gasteiger partial charge in [-0.25, -0.2) is 0 Å². The Morgan fingerprint density at radius 3 is 2.70 bits per heavy atom. The van der Waals surface area contributed by atoms with E-state index in [-0.39, 0.29) is 0 Å². The molecule has 0 aliphatic heterocycles. The first-order chi connectivity index (χ1) is 9.40. The topological polar surface area (TPSA) is 29.0 Å². The van der Waals surface area contributed by atoms with E-state index in [0.717, 1.165) is 4.47 Å². The number of pyridine rings is 2. The minimum absolute atomic E-state index is 0.316. The van der Waals surface area contributed by atoms with Crippen molar-refractivity contribution in [2.24, 2.45) is 0 Å². The van der Waals surface area contributed by atoms with Gasteiger partial charge in [0.15, 0.2) is 0 Å². The van der Waals surface area contributed by atoms with E-state index in [4.69, 9.17) is 0 Å². The standard InChI is InChI=1S/C13H13BrF3N3/c1-2-5-20(8-13(15,16)17)11-3-4-18-10-6-9(14)7-19-12(10)11/h3-4,6-7H,2,5,8H2,1H3. The highest BCUT2D eigenvalue weighted by atomic mass is 79.9. The van der Waals surface area contributed by atoms with Crippen LogP contribution in [0.1, 0.15) is 13.3 Å². The van der Waals surface area contributed by atoms with Crippen LogP contribution >= 0.6 is 15.9 Å². The molecule has 2 aromatic rings. The fraction of sp³-hybridized carbons (Fsp3) is 0.385. The van der Waals surface area contributed by atoms with Crippen LogP contribution in [0, 0.1) is 0 Å². The summed E-state index contributed by atoms with van der Waals surface area (Å²) in [6, 6.07) is 3.31. The molecule has 0 amide bonds. The van der Waals surface area contributed by atoms with Crippen molar-refractivity contribution in [1.29, 1.82) is 0 Å². The number of hydrogen-bond donors (Lipinski definition) is 0. The van der Waals surface area contributed by atoms with Gasteiger partial charge in [-0.1, -0.05) is 6.92 Å². The van der Waals surface area contributed by atoms with Crippen LogP contribution in [-0.2, 0) is 0 Å². The molecule has 0 saturated carbocycles. The number of aromatic nitrogens is 2. The summed E-state index contributed by atoms with van der Waals surface area (Å²) in [6.07, 6.45) is -0.563. The summed E-state index contributed by atoms with van der Waals surface area (Å²) >= 11 is 3.28. The van der Waals surface area contributed by atoms with Gasteiger partial charge >= 0.3 is 6.18 Å². The average molecular weight is 348 g/mol. The summed E-state index contributed by atoms with van der Waals surface area (Å²) < 4.78 is 38.8. The Kier molecular flexibility index (Phi) is 4.47. The highest BCUT2D eigenvalue weighted by Crippen LogP contribution is 2.28. The smallest absolute Gasteiger partial charge is 0.361 e. The zero-order chi connectivity index (χ0) is 14.8. The Balaban J connectivity index is 2.47. The van der Waals surface area contributed by atoms with E-state index in [1.165, 1.54) is 11.1 Å². The first kappa shape index (κ1) is 15.0. The molecule has 2 rings (SSSR count). The molecule has 7 heteroatoms. The second-order valence-electron chi connectivity index (χ2n) is 4.39. The van der Waals surface area contributed by atoms with Crippen molar-refractivity contribution in [1.82, 2.24) is 9.97 Å². The Morgan fingerprint density at radius 2 is 2.05 bits per heavy atom. The average Bonchev–Trinajstić information content (AvgIpc) is 2.35. The third kappa shape index (κ3) is 3.59. The molecule has 0 bridgehead atoms. The van der Waals surface area contributed by atoms with Crippen LogP contribution in [0.3, 0.4) is 0 Å². The lowest BCUT2D eigenvalue weighted by atomic mass is 10.2. The third-order valence-electron chi connectivity index (χ3n) is 2.73. The highest BCUT2D eigenvalue weighted by Gasteiger charge is 2.31. The van der Waals surface area contributed by atoms with Gasteiger partial charge in [0, 0.05) is 23.4 Å². The van der Waals surface area contributed by atoms with E-state index < -0.39 is 12.7 Å². The highest BCUT2D eigenvalue weighted by molar-refractivity contribution is 9.10. The Morgan fingerprint density at radius 1 is 1.30 bits per heavy atom. The van der Waals surface area contributed by atoms with Crippen LogP contribution in [0.2, 0.25) is 0 Å². The number of hydrogen-bond acceptors (Lipinski definition) is 3. The molecule has 2 heterocycles. The molecule has 0 aliphatic carbocycles. The van der Waals surface area contributed by atoms with Crippen molar-refractivity contribution in [3.05, 3.63) is 29.0 Å². The van der Waals surface area contributed by atoms with Crippen LogP contribution in [0.5, 0.6) is 0 Å². The first-order valence-corrected chi connectivity index (χ1v) is 6.92. The van der Waals surface area contributed by atoms with E-state index >= 15 is 0 Å². The third-order valence-corrected chi connectivity index (χ3v) is 3.16. The molecule has 0 fully saturated rings. The summed E-state index contributed by atoms with van der Waals surface area (Å²) in [5.41, 5.74) is 1.51. The number of alkyl halides is 3. The molecular weight excluding hydrogens is 335 g/mol. The predicted molar refractivity (Wildman–Crippen MR) is 75.8 cm³/mol. The van der Waals surface area contributed by atoms with E-state index in [0.29, 0.717) is 29.7 Å².